The quantitative estimate of drug-likeness (QED) is 0.104. The van der Waals surface area contributed by atoms with Crippen LogP contribution in [0.2, 0.25) is 0 Å². The molecule has 226 valence electrons. The van der Waals surface area contributed by atoms with Gasteiger partial charge in [-0.15, -0.1) is 0 Å². The molecule has 4 unspecified atom stereocenters. The molecule has 0 fully saturated rings. The van der Waals surface area contributed by atoms with Crippen molar-refractivity contribution in [1.82, 2.24) is 30.9 Å². The third-order valence-electron chi connectivity index (χ3n) is 6.57. The Hall–Kier alpha value is -4.37. The SMILES string of the molecule is CSCCC(NC(=O)C(CCC(=O)O)NC(=O)C(N)Cc1cnc[nH]1)C(=O)NC(Cc1c[nH]c2ccccc12)C(=O)O. The van der Waals surface area contributed by atoms with E-state index < -0.39 is 60.2 Å². The van der Waals surface area contributed by atoms with E-state index >= 15 is 0 Å². The summed E-state index contributed by atoms with van der Waals surface area (Å²) >= 11 is 1.42. The number of carboxylic acids is 2. The number of rotatable bonds is 17. The Morgan fingerprint density at radius 3 is 2.24 bits per heavy atom. The van der Waals surface area contributed by atoms with Gasteiger partial charge < -0.3 is 41.9 Å². The molecule has 0 aliphatic rings. The highest BCUT2D eigenvalue weighted by atomic mass is 32.2. The molecule has 1 aromatic carbocycles. The first-order chi connectivity index (χ1) is 20.1. The van der Waals surface area contributed by atoms with Crippen molar-refractivity contribution >= 4 is 52.3 Å². The highest BCUT2D eigenvalue weighted by molar-refractivity contribution is 7.98. The van der Waals surface area contributed by atoms with Crippen LogP contribution in [0, 0.1) is 0 Å². The van der Waals surface area contributed by atoms with Gasteiger partial charge in [0.05, 0.1) is 12.4 Å². The third kappa shape index (κ3) is 9.34. The molecule has 14 nitrogen and oxygen atoms in total. The molecule has 3 aromatic rings. The fourth-order valence-electron chi connectivity index (χ4n) is 4.31. The van der Waals surface area contributed by atoms with Crippen LogP contribution < -0.4 is 21.7 Å². The number of hydrogen-bond donors (Lipinski definition) is 8. The average Bonchev–Trinajstić information content (AvgIpc) is 3.62. The van der Waals surface area contributed by atoms with Gasteiger partial charge in [0.1, 0.15) is 18.1 Å². The third-order valence-corrected chi connectivity index (χ3v) is 7.21. The number of nitrogens with two attached hydrogens (primary N) is 1. The first kappa shape index (κ1) is 32.1. The van der Waals surface area contributed by atoms with Gasteiger partial charge in [-0.1, -0.05) is 18.2 Å². The van der Waals surface area contributed by atoms with Gasteiger partial charge in [-0.25, -0.2) is 9.78 Å². The number of thioether (sulfide) groups is 1. The molecule has 0 aliphatic carbocycles. The van der Waals surface area contributed by atoms with Gasteiger partial charge in [0.25, 0.3) is 0 Å². The summed E-state index contributed by atoms with van der Waals surface area (Å²) in [5.74, 6) is -4.17. The van der Waals surface area contributed by atoms with E-state index in [-0.39, 0.29) is 25.7 Å². The van der Waals surface area contributed by atoms with Gasteiger partial charge in [0.2, 0.25) is 17.7 Å². The van der Waals surface area contributed by atoms with Crippen molar-refractivity contribution < 1.29 is 34.2 Å². The Bertz CT molecular complexity index is 1380. The second kappa shape index (κ2) is 15.6. The number of aromatic nitrogens is 3. The Labute approximate surface area is 245 Å². The molecule has 0 saturated carbocycles. The van der Waals surface area contributed by atoms with Gasteiger partial charge >= 0.3 is 11.9 Å². The summed E-state index contributed by atoms with van der Waals surface area (Å²) in [5.41, 5.74) is 8.09. The van der Waals surface area contributed by atoms with Crippen LogP contribution in [0.3, 0.4) is 0 Å². The zero-order chi connectivity index (χ0) is 30.6. The minimum Gasteiger partial charge on any atom is -0.481 e. The van der Waals surface area contributed by atoms with Crippen molar-refractivity contribution in [3.63, 3.8) is 0 Å². The standard InChI is InChI=1S/C27H35N7O7S/c1-42-9-8-21(26(39)34-22(27(40)41)10-15-12-30-19-5-3-2-4-17(15)19)33-25(38)20(6-7-23(35)36)32-24(37)18(28)11-16-13-29-14-31-16/h2-5,12-14,18,20-22,30H,6-11,28H2,1H3,(H,29,31)(H,32,37)(H,33,38)(H,34,39)(H,35,36)(H,40,41). The van der Waals surface area contributed by atoms with Crippen LogP contribution in [0.4, 0.5) is 0 Å². The van der Waals surface area contributed by atoms with Crippen LogP contribution in [0.25, 0.3) is 10.9 Å². The number of para-hydroxylation sites is 1. The number of carbonyl (C=O) groups excluding carboxylic acids is 3. The van der Waals surface area contributed by atoms with Crippen molar-refractivity contribution in [3.8, 4) is 0 Å². The first-order valence-electron chi connectivity index (χ1n) is 13.2. The number of benzene rings is 1. The summed E-state index contributed by atoms with van der Waals surface area (Å²) in [6.45, 7) is 0. The Kier molecular flexibility index (Phi) is 11.9. The zero-order valence-electron chi connectivity index (χ0n) is 23.0. The van der Waals surface area contributed by atoms with Crippen LogP contribution in [0.5, 0.6) is 0 Å². The lowest BCUT2D eigenvalue weighted by Crippen LogP contribution is -2.57. The lowest BCUT2D eigenvalue weighted by Gasteiger charge is -2.25. The molecule has 15 heteroatoms. The van der Waals surface area contributed by atoms with Crippen LogP contribution in [0.1, 0.15) is 30.5 Å². The maximum atomic E-state index is 13.3. The molecular weight excluding hydrogens is 566 g/mol. The Morgan fingerprint density at radius 1 is 0.929 bits per heavy atom. The van der Waals surface area contributed by atoms with Crippen LogP contribution in [-0.4, -0.2) is 91.0 Å². The van der Waals surface area contributed by atoms with Crippen molar-refractivity contribution in [2.24, 2.45) is 5.73 Å². The number of carbonyl (C=O) groups is 5. The average molecular weight is 602 g/mol. The fraction of sp³-hybridized carbons (Fsp3) is 0.407. The van der Waals surface area contributed by atoms with Crippen LogP contribution in [0.15, 0.2) is 43.0 Å². The van der Waals surface area contributed by atoms with Crippen LogP contribution >= 0.6 is 11.8 Å². The van der Waals surface area contributed by atoms with Gasteiger partial charge in [-0.05, 0) is 36.5 Å². The topological polar surface area (TPSA) is 232 Å². The van der Waals surface area contributed by atoms with E-state index in [0.29, 0.717) is 17.0 Å². The molecule has 42 heavy (non-hydrogen) atoms. The van der Waals surface area contributed by atoms with E-state index in [9.17, 15) is 29.1 Å². The van der Waals surface area contributed by atoms with Gasteiger partial charge in [0, 0.05) is 48.3 Å². The zero-order valence-corrected chi connectivity index (χ0v) is 23.8. The molecule has 2 heterocycles. The molecule has 2 aromatic heterocycles. The van der Waals surface area contributed by atoms with Gasteiger partial charge in [-0.2, -0.15) is 11.8 Å². The summed E-state index contributed by atoms with van der Waals surface area (Å²) < 4.78 is 0. The Morgan fingerprint density at radius 2 is 1.60 bits per heavy atom. The molecule has 0 bridgehead atoms. The number of hydrogen-bond acceptors (Lipinski definition) is 8. The second-order valence-electron chi connectivity index (χ2n) is 9.69. The number of nitrogens with zero attached hydrogens (tertiary/aromatic N) is 1. The molecule has 0 spiro atoms. The van der Waals surface area contributed by atoms with Crippen molar-refractivity contribution in [1.29, 1.82) is 0 Å². The Balaban J connectivity index is 1.71. The molecule has 0 aliphatic heterocycles. The summed E-state index contributed by atoms with van der Waals surface area (Å²) in [5, 5.41) is 27.4. The molecule has 3 rings (SSSR count). The fourth-order valence-corrected chi connectivity index (χ4v) is 4.78. The summed E-state index contributed by atoms with van der Waals surface area (Å²) in [7, 11) is 0. The monoisotopic (exact) mass is 601 g/mol. The van der Waals surface area contributed by atoms with E-state index in [4.69, 9.17) is 10.8 Å². The number of aromatic amines is 2. The van der Waals surface area contributed by atoms with Gasteiger partial charge in [0.15, 0.2) is 0 Å². The number of H-pyrrole nitrogens is 2. The van der Waals surface area contributed by atoms with Crippen molar-refractivity contribution in [3.05, 3.63) is 54.2 Å². The smallest absolute Gasteiger partial charge is 0.326 e. The predicted molar refractivity (Wildman–Crippen MR) is 156 cm³/mol. The van der Waals surface area contributed by atoms with Crippen LogP contribution in [-0.2, 0) is 36.8 Å². The number of aliphatic carboxylic acids is 2. The molecule has 9 N–H and O–H groups in total. The largest absolute Gasteiger partial charge is 0.481 e. The predicted octanol–water partition coefficient (Wildman–Crippen LogP) is 0.160. The van der Waals surface area contributed by atoms with Crippen molar-refractivity contribution in [2.45, 2.75) is 56.3 Å². The number of carboxylic acid groups (broad SMARTS) is 2. The first-order valence-corrected chi connectivity index (χ1v) is 14.6. The second-order valence-corrected chi connectivity index (χ2v) is 10.7. The summed E-state index contributed by atoms with van der Waals surface area (Å²) in [6, 6.07) is 2.59. The van der Waals surface area contributed by atoms with Crippen molar-refractivity contribution in [2.75, 3.05) is 12.0 Å². The van der Waals surface area contributed by atoms with E-state index in [1.807, 2.05) is 30.5 Å². The highest BCUT2D eigenvalue weighted by Crippen LogP contribution is 2.19. The number of amides is 3. The van der Waals surface area contributed by atoms with E-state index in [1.54, 1.807) is 6.20 Å². The lowest BCUT2D eigenvalue weighted by atomic mass is 10.0. The maximum absolute atomic E-state index is 13.3. The number of nitrogens with one attached hydrogen (secondary N) is 5. The van der Waals surface area contributed by atoms with E-state index in [0.717, 1.165) is 10.9 Å². The summed E-state index contributed by atoms with van der Waals surface area (Å²) in [6.07, 6.45) is 6.01. The molecule has 3 amide bonds. The molecule has 0 radical (unpaired) electrons. The highest BCUT2D eigenvalue weighted by Gasteiger charge is 2.31. The number of fused-ring (bicyclic) bond motifs is 1. The summed E-state index contributed by atoms with van der Waals surface area (Å²) in [4.78, 5) is 72.3. The number of imidazole rings is 1. The van der Waals surface area contributed by atoms with Gasteiger partial charge in [-0.3, -0.25) is 19.2 Å². The minimum absolute atomic E-state index is 0.000203. The molecular formula is C27H35N7O7S. The minimum atomic E-state index is -1.30. The molecule has 4 atom stereocenters. The van der Waals surface area contributed by atoms with E-state index in [2.05, 4.69) is 30.9 Å². The van der Waals surface area contributed by atoms with E-state index in [1.165, 1.54) is 24.3 Å². The maximum Gasteiger partial charge on any atom is 0.326 e. The lowest BCUT2D eigenvalue weighted by molar-refractivity contribution is -0.142. The normalized spacial score (nSPS) is 14.0. The molecule has 0 saturated heterocycles.